The number of nitrogens with one attached hydrogen (secondary N) is 2. The van der Waals surface area contributed by atoms with Gasteiger partial charge in [-0.25, -0.2) is 9.59 Å². The second kappa shape index (κ2) is 5.13. The van der Waals surface area contributed by atoms with Crippen molar-refractivity contribution in [1.82, 2.24) is 15.5 Å². The lowest BCUT2D eigenvalue weighted by atomic mass is 10.5. The molecule has 6 nitrogen and oxygen atoms in total. The van der Waals surface area contributed by atoms with Crippen LogP contribution in [0.2, 0.25) is 0 Å². The molecule has 0 aromatic heterocycles. The summed E-state index contributed by atoms with van der Waals surface area (Å²) in [7, 11) is 1.38. The van der Waals surface area contributed by atoms with Gasteiger partial charge in [0.1, 0.15) is 0 Å². The lowest BCUT2D eigenvalue weighted by molar-refractivity contribution is -0.125. The fourth-order valence-corrected chi connectivity index (χ4v) is 0.736. The Balaban J connectivity index is 4.22. The smallest absolute Gasteiger partial charge is 0.332 e. The summed E-state index contributed by atoms with van der Waals surface area (Å²) in [6.07, 6.45) is 0. The minimum absolute atomic E-state index is 0.234. The number of carbonyl (C=O) groups excluding carboxylic acids is 3. The monoisotopic (exact) mass is 187 g/mol. The van der Waals surface area contributed by atoms with E-state index < -0.39 is 18.0 Å². The molecule has 5 amide bonds. The highest BCUT2D eigenvalue weighted by molar-refractivity contribution is 6.00. The Hall–Kier alpha value is -1.59. The van der Waals surface area contributed by atoms with Gasteiger partial charge in [-0.2, -0.15) is 0 Å². The SMILES string of the molecule is CCN(C(C)=O)C(=O)NC(=O)NC. The topological polar surface area (TPSA) is 78.5 Å². The Morgan fingerprint density at radius 1 is 1.31 bits per heavy atom. The molecule has 0 aliphatic rings. The van der Waals surface area contributed by atoms with Crippen LogP contribution in [0.3, 0.4) is 0 Å². The number of rotatable bonds is 1. The van der Waals surface area contributed by atoms with E-state index in [2.05, 4.69) is 5.32 Å². The zero-order valence-electron chi connectivity index (χ0n) is 7.88. The summed E-state index contributed by atoms with van der Waals surface area (Å²) in [4.78, 5) is 33.5. The van der Waals surface area contributed by atoms with Gasteiger partial charge in [0.15, 0.2) is 0 Å². The molecule has 0 radical (unpaired) electrons. The van der Waals surface area contributed by atoms with Crippen molar-refractivity contribution in [2.24, 2.45) is 0 Å². The first-order valence-electron chi connectivity index (χ1n) is 3.83. The first kappa shape index (κ1) is 11.4. The Labute approximate surface area is 76.3 Å². The average molecular weight is 187 g/mol. The van der Waals surface area contributed by atoms with Gasteiger partial charge in [0.25, 0.3) is 0 Å². The zero-order valence-corrected chi connectivity index (χ0v) is 7.88. The molecule has 0 aliphatic carbocycles. The van der Waals surface area contributed by atoms with Gasteiger partial charge in [0.05, 0.1) is 0 Å². The Kier molecular flexibility index (Phi) is 4.50. The van der Waals surface area contributed by atoms with E-state index in [9.17, 15) is 14.4 Å². The van der Waals surface area contributed by atoms with Crippen molar-refractivity contribution >= 4 is 18.0 Å². The van der Waals surface area contributed by atoms with Crippen LogP contribution >= 0.6 is 0 Å². The van der Waals surface area contributed by atoms with E-state index >= 15 is 0 Å². The van der Waals surface area contributed by atoms with Gasteiger partial charge in [-0.05, 0) is 6.92 Å². The van der Waals surface area contributed by atoms with Crippen molar-refractivity contribution in [1.29, 1.82) is 0 Å². The number of nitrogens with zero attached hydrogens (tertiary/aromatic N) is 1. The van der Waals surface area contributed by atoms with Crippen molar-refractivity contribution in [3.05, 3.63) is 0 Å². The van der Waals surface area contributed by atoms with Crippen molar-refractivity contribution in [2.45, 2.75) is 13.8 Å². The predicted molar refractivity (Wildman–Crippen MR) is 46.0 cm³/mol. The summed E-state index contributed by atoms with van der Waals surface area (Å²) in [5, 5.41) is 4.18. The van der Waals surface area contributed by atoms with E-state index in [4.69, 9.17) is 0 Å². The van der Waals surface area contributed by atoms with Gasteiger partial charge >= 0.3 is 12.1 Å². The maximum absolute atomic E-state index is 11.1. The molecular formula is C7H13N3O3. The fraction of sp³-hybridized carbons (Fsp3) is 0.571. The minimum Gasteiger partial charge on any atom is -0.341 e. The number of urea groups is 2. The van der Waals surface area contributed by atoms with Crippen molar-refractivity contribution in [2.75, 3.05) is 13.6 Å². The molecule has 0 aromatic carbocycles. The third-order valence-electron chi connectivity index (χ3n) is 1.39. The van der Waals surface area contributed by atoms with Crippen molar-refractivity contribution in [3.8, 4) is 0 Å². The summed E-state index contributed by atoms with van der Waals surface area (Å²) < 4.78 is 0. The summed E-state index contributed by atoms with van der Waals surface area (Å²) in [5.74, 6) is -0.399. The molecule has 0 heterocycles. The maximum atomic E-state index is 11.1. The Morgan fingerprint density at radius 2 is 1.85 bits per heavy atom. The van der Waals surface area contributed by atoms with Crippen LogP contribution < -0.4 is 10.6 Å². The molecule has 2 N–H and O–H groups in total. The van der Waals surface area contributed by atoms with Gasteiger partial charge in [0.2, 0.25) is 5.91 Å². The summed E-state index contributed by atoms with van der Waals surface area (Å²) in [6.45, 7) is 3.13. The number of hydrogen-bond acceptors (Lipinski definition) is 3. The highest BCUT2D eigenvalue weighted by atomic mass is 16.2. The first-order chi connectivity index (χ1) is 6.02. The maximum Gasteiger partial charge on any atom is 0.332 e. The summed E-state index contributed by atoms with van der Waals surface area (Å²) in [5.41, 5.74) is 0. The normalized spacial score (nSPS) is 8.85. The standard InChI is InChI=1S/C7H13N3O3/c1-4-10(5(2)11)7(13)9-6(12)8-3/h4H2,1-3H3,(H2,8,9,12,13). The van der Waals surface area contributed by atoms with E-state index in [1.54, 1.807) is 6.92 Å². The van der Waals surface area contributed by atoms with Crippen molar-refractivity contribution < 1.29 is 14.4 Å². The van der Waals surface area contributed by atoms with Crippen LogP contribution in [0.4, 0.5) is 9.59 Å². The lowest BCUT2D eigenvalue weighted by Gasteiger charge is -2.16. The third-order valence-corrected chi connectivity index (χ3v) is 1.39. The van der Waals surface area contributed by atoms with Crippen LogP contribution in [0.5, 0.6) is 0 Å². The summed E-state index contributed by atoms with van der Waals surface area (Å²) in [6, 6.07) is -1.35. The number of hydrogen-bond donors (Lipinski definition) is 2. The number of amides is 5. The van der Waals surface area contributed by atoms with E-state index in [1.807, 2.05) is 5.32 Å². The Morgan fingerprint density at radius 3 is 2.15 bits per heavy atom. The van der Waals surface area contributed by atoms with Crippen molar-refractivity contribution in [3.63, 3.8) is 0 Å². The molecule has 6 heteroatoms. The quantitative estimate of drug-likeness (QED) is 0.601. The number of imide groups is 2. The van der Waals surface area contributed by atoms with Gasteiger partial charge < -0.3 is 5.32 Å². The minimum atomic E-state index is -0.714. The lowest BCUT2D eigenvalue weighted by Crippen LogP contribution is -2.47. The Bertz CT molecular complexity index is 227. The molecule has 13 heavy (non-hydrogen) atoms. The average Bonchev–Trinajstić information content (AvgIpc) is 2.04. The molecule has 0 bridgehead atoms. The largest absolute Gasteiger partial charge is 0.341 e. The zero-order chi connectivity index (χ0) is 10.4. The fourth-order valence-electron chi connectivity index (χ4n) is 0.736. The van der Waals surface area contributed by atoms with Gasteiger partial charge in [0, 0.05) is 20.5 Å². The van der Waals surface area contributed by atoms with Crippen LogP contribution in [0.15, 0.2) is 0 Å². The predicted octanol–water partition coefficient (Wildman–Crippen LogP) is -0.0962. The molecule has 0 saturated heterocycles. The van der Waals surface area contributed by atoms with E-state index in [0.29, 0.717) is 0 Å². The number of carbonyl (C=O) groups is 3. The second-order valence-electron chi connectivity index (χ2n) is 2.27. The molecule has 0 unspecified atom stereocenters. The van der Waals surface area contributed by atoms with Crippen LogP contribution in [0.25, 0.3) is 0 Å². The molecule has 0 aliphatic heterocycles. The molecule has 74 valence electrons. The summed E-state index contributed by atoms with van der Waals surface area (Å²) >= 11 is 0. The second-order valence-corrected chi connectivity index (χ2v) is 2.27. The third kappa shape index (κ3) is 3.55. The van der Waals surface area contributed by atoms with Gasteiger partial charge in [-0.1, -0.05) is 0 Å². The molecule has 0 rings (SSSR count). The van der Waals surface area contributed by atoms with Crippen LogP contribution in [0, 0.1) is 0 Å². The highest BCUT2D eigenvalue weighted by Crippen LogP contribution is 1.89. The van der Waals surface area contributed by atoms with E-state index in [-0.39, 0.29) is 6.54 Å². The van der Waals surface area contributed by atoms with Crippen LogP contribution in [-0.2, 0) is 4.79 Å². The molecular weight excluding hydrogens is 174 g/mol. The molecule has 0 atom stereocenters. The van der Waals surface area contributed by atoms with Gasteiger partial charge in [-0.3, -0.25) is 15.0 Å². The molecule has 0 aromatic rings. The van der Waals surface area contributed by atoms with Crippen LogP contribution in [0.1, 0.15) is 13.8 Å². The highest BCUT2D eigenvalue weighted by Gasteiger charge is 2.16. The van der Waals surface area contributed by atoms with E-state index in [1.165, 1.54) is 14.0 Å². The van der Waals surface area contributed by atoms with E-state index in [0.717, 1.165) is 4.90 Å². The molecule has 0 spiro atoms. The van der Waals surface area contributed by atoms with Gasteiger partial charge in [-0.15, -0.1) is 0 Å². The first-order valence-corrected chi connectivity index (χ1v) is 3.83. The molecule has 0 fully saturated rings. The van der Waals surface area contributed by atoms with Crippen LogP contribution in [-0.4, -0.2) is 36.5 Å². The molecule has 0 saturated carbocycles.